The van der Waals surface area contributed by atoms with Crippen LogP contribution in [0, 0.1) is 0 Å². The van der Waals surface area contributed by atoms with Crippen molar-refractivity contribution in [2.45, 2.75) is 6.54 Å². The van der Waals surface area contributed by atoms with Crippen LogP contribution in [0.2, 0.25) is 0 Å². The fraction of sp³-hybridized carbons (Fsp3) is 0.176. The summed E-state index contributed by atoms with van der Waals surface area (Å²) in [6, 6.07) is 8.02. The summed E-state index contributed by atoms with van der Waals surface area (Å²) in [6.45, 7) is 1.38. The Kier molecular flexibility index (Phi) is 3.04. The lowest BCUT2D eigenvalue weighted by Crippen LogP contribution is -2.23. The van der Waals surface area contributed by atoms with E-state index in [1.165, 1.54) is 0 Å². The third kappa shape index (κ3) is 2.43. The van der Waals surface area contributed by atoms with Crippen molar-refractivity contribution in [3.05, 3.63) is 60.3 Å². The molecule has 1 N–H and O–H groups in total. The van der Waals surface area contributed by atoms with Crippen molar-refractivity contribution < 1.29 is 0 Å². The summed E-state index contributed by atoms with van der Waals surface area (Å²) in [6.07, 6.45) is 7.83. The Bertz CT molecular complexity index is 1110. The second kappa shape index (κ2) is 5.38. The first-order valence-corrected chi connectivity index (χ1v) is 8.05. The molecule has 0 radical (unpaired) electrons. The Morgan fingerprint density at radius 1 is 1.20 bits per heavy atom. The highest BCUT2D eigenvalue weighted by Crippen LogP contribution is 2.19. The van der Waals surface area contributed by atoms with Gasteiger partial charge in [-0.15, -0.1) is 5.10 Å². The second-order valence-corrected chi connectivity index (χ2v) is 6.12. The molecule has 1 aliphatic heterocycles. The van der Waals surface area contributed by atoms with Crippen molar-refractivity contribution in [1.29, 1.82) is 0 Å². The van der Waals surface area contributed by atoms with Crippen LogP contribution in [0.15, 0.2) is 49.1 Å². The number of hydrogen-bond acceptors (Lipinski definition) is 6. The van der Waals surface area contributed by atoms with E-state index in [0.717, 1.165) is 40.2 Å². The molecule has 4 aromatic rings. The van der Waals surface area contributed by atoms with Gasteiger partial charge in [0, 0.05) is 44.0 Å². The smallest absolute Gasteiger partial charge is 0.179 e. The van der Waals surface area contributed by atoms with Crippen LogP contribution in [-0.4, -0.2) is 48.0 Å². The number of aromatic nitrogens is 6. The molecule has 8 nitrogen and oxygen atoms in total. The zero-order valence-electron chi connectivity index (χ0n) is 13.7. The number of nitrogens with one attached hydrogen (secondary N) is 1. The molecule has 1 aliphatic rings. The minimum atomic E-state index is 0.609. The van der Waals surface area contributed by atoms with Crippen LogP contribution in [-0.2, 0) is 6.54 Å². The number of hydrogen-bond donors (Lipinski definition) is 1. The summed E-state index contributed by atoms with van der Waals surface area (Å²) < 4.78 is 3.84. The second-order valence-electron chi connectivity index (χ2n) is 6.12. The number of nitrogens with zero attached hydrogens (tertiary/aromatic N) is 7. The first-order chi connectivity index (χ1) is 12.3. The lowest BCUT2D eigenvalue weighted by molar-refractivity contribution is 0.374. The maximum absolute atomic E-state index is 4.78. The third-order valence-electron chi connectivity index (χ3n) is 4.34. The maximum atomic E-state index is 4.78. The van der Waals surface area contributed by atoms with Crippen LogP contribution in [0.4, 0.5) is 0 Å². The summed E-state index contributed by atoms with van der Waals surface area (Å²) >= 11 is 0. The highest BCUT2D eigenvalue weighted by atomic mass is 15.5. The molecule has 0 aromatic carbocycles. The molecular weight excluding hydrogens is 316 g/mol. The monoisotopic (exact) mass is 332 g/mol. The molecule has 0 unspecified atom stereocenters. The van der Waals surface area contributed by atoms with Crippen LogP contribution in [0.1, 0.15) is 11.3 Å². The first-order valence-electron chi connectivity index (χ1n) is 8.05. The average Bonchev–Trinajstić information content (AvgIpc) is 3.34. The summed E-state index contributed by atoms with van der Waals surface area (Å²) in [5.41, 5.74) is 8.96. The molecule has 5 heterocycles. The summed E-state index contributed by atoms with van der Waals surface area (Å²) in [5.74, 6) is 0. The van der Waals surface area contributed by atoms with E-state index in [1.807, 2.05) is 45.5 Å². The Hall–Kier alpha value is -3.26. The van der Waals surface area contributed by atoms with Gasteiger partial charge in [0.15, 0.2) is 5.65 Å². The van der Waals surface area contributed by atoms with Crippen LogP contribution >= 0.6 is 0 Å². The average molecular weight is 332 g/mol. The number of hydrazine groups is 1. The van der Waals surface area contributed by atoms with E-state index in [-0.39, 0.29) is 0 Å². The highest BCUT2D eigenvalue weighted by Gasteiger charge is 2.14. The number of rotatable bonds is 3. The van der Waals surface area contributed by atoms with Gasteiger partial charge in [0.25, 0.3) is 0 Å². The number of imidazole rings is 1. The topological polar surface area (TPSA) is 76.2 Å². The first kappa shape index (κ1) is 14.1. The molecule has 0 aliphatic carbocycles. The molecule has 0 saturated carbocycles. The van der Waals surface area contributed by atoms with Gasteiger partial charge in [-0.3, -0.25) is 0 Å². The molecule has 124 valence electrons. The van der Waals surface area contributed by atoms with Crippen molar-refractivity contribution in [1.82, 2.24) is 39.8 Å². The van der Waals surface area contributed by atoms with E-state index in [4.69, 9.17) is 4.98 Å². The molecule has 5 rings (SSSR count). The van der Waals surface area contributed by atoms with Crippen LogP contribution in [0.25, 0.3) is 22.4 Å². The van der Waals surface area contributed by atoms with Gasteiger partial charge >= 0.3 is 0 Å². The van der Waals surface area contributed by atoms with Crippen LogP contribution < -0.4 is 5.43 Å². The van der Waals surface area contributed by atoms with Gasteiger partial charge in [-0.25, -0.2) is 20.1 Å². The van der Waals surface area contributed by atoms with Crippen molar-refractivity contribution in [2.75, 3.05) is 13.6 Å². The van der Waals surface area contributed by atoms with Gasteiger partial charge in [0.2, 0.25) is 0 Å². The molecular formula is C17H16N8. The zero-order chi connectivity index (χ0) is 16.8. The van der Waals surface area contributed by atoms with E-state index < -0.39 is 0 Å². The van der Waals surface area contributed by atoms with Crippen molar-refractivity contribution in [3.63, 3.8) is 0 Å². The molecule has 8 heteroatoms. The fourth-order valence-corrected chi connectivity index (χ4v) is 3.06. The Morgan fingerprint density at radius 3 is 3.04 bits per heavy atom. The number of pyridine rings is 2. The predicted octanol–water partition coefficient (Wildman–Crippen LogP) is 1.31. The van der Waals surface area contributed by atoms with E-state index in [1.54, 1.807) is 6.20 Å². The lowest BCUT2D eigenvalue weighted by Gasteiger charge is -2.05. The largest absolute Gasteiger partial charge is 0.318 e. The quantitative estimate of drug-likeness (QED) is 0.610. The van der Waals surface area contributed by atoms with E-state index >= 15 is 0 Å². The van der Waals surface area contributed by atoms with Gasteiger partial charge in [0.1, 0.15) is 11.2 Å². The van der Waals surface area contributed by atoms with Crippen LogP contribution in [0.5, 0.6) is 0 Å². The Balaban J connectivity index is 1.53. The normalized spacial score (nSPS) is 14.6. The lowest BCUT2D eigenvalue weighted by atomic mass is 10.2. The van der Waals surface area contributed by atoms with E-state index in [0.29, 0.717) is 6.54 Å². The van der Waals surface area contributed by atoms with Gasteiger partial charge in [-0.05, 0) is 23.8 Å². The van der Waals surface area contributed by atoms with E-state index in [9.17, 15) is 0 Å². The van der Waals surface area contributed by atoms with Crippen LogP contribution in [0.3, 0.4) is 0 Å². The van der Waals surface area contributed by atoms with Crippen molar-refractivity contribution in [3.8, 4) is 0 Å². The Labute approximate surface area is 143 Å². The zero-order valence-corrected chi connectivity index (χ0v) is 13.7. The standard InChI is InChI=1S/C17H16N8/c1-23-11-13(8-19-23)14-3-4-15-17(20-14)25(22-21-15)10-12-2-5-16-18-6-7-24(16)9-12/h2-7,9,11,19H,8,10H2,1H3. The van der Waals surface area contributed by atoms with Gasteiger partial charge in [-0.2, -0.15) is 0 Å². The maximum Gasteiger partial charge on any atom is 0.179 e. The van der Waals surface area contributed by atoms with Gasteiger partial charge in [0.05, 0.1) is 12.2 Å². The SMILES string of the molecule is CN1C=C(c2ccc3nnn(Cc4ccc5nccn5c4)c3n2)CN1. The fourth-order valence-electron chi connectivity index (χ4n) is 3.06. The van der Waals surface area contributed by atoms with Crippen molar-refractivity contribution in [2.24, 2.45) is 0 Å². The third-order valence-corrected chi connectivity index (χ3v) is 4.34. The summed E-state index contributed by atoms with van der Waals surface area (Å²) in [5, 5.41) is 10.5. The Morgan fingerprint density at radius 2 is 2.16 bits per heavy atom. The molecule has 25 heavy (non-hydrogen) atoms. The van der Waals surface area contributed by atoms with Gasteiger partial charge < -0.3 is 9.41 Å². The van der Waals surface area contributed by atoms with Gasteiger partial charge in [-0.1, -0.05) is 11.3 Å². The van der Waals surface area contributed by atoms with E-state index in [2.05, 4.69) is 39.2 Å². The molecule has 0 atom stereocenters. The molecule has 0 spiro atoms. The predicted molar refractivity (Wildman–Crippen MR) is 93.4 cm³/mol. The minimum Gasteiger partial charge on any atom is -0.318 e. The highest BCUT2D eigenvalue weighted by molar-refractivity contribution is 5.75. The minimum absolute atomic E-state index is 0.609. The molecule has 0 amide bonds. The molecule has 0 bridgehead atoms. The molecule has 0 fully saturated rings. The molecule has 0 saturated heterocycles. The summed E-state index contributed by atoms with van der Waals surface area (Å²) in [4.78, 5) is 9.05. The summed E-state index contributed by atoms with van der Waals surface area (Å²) in [7, 11) is 1.98. The molecule has 4 aromatic heterocycles. The van der Waals surface area contributed by atoms with Crippen molar-refractivity contribution >= 4 is 22.4 Å². The number of fused-ring (bicyclic) bond motifs is 2.